The van der Waals surface area contributed by atoms with E-state index in [0.29, 0.717) is 13.2 Å². The van der Waals surface area contributed by atoms with E-state index in [1.54, 1.807) is 0 Å². The monoisotopic (exact) mass is 292 g/mol. The standard InChI is InChI=1S/C15H24N4O2/c1-3-5-13-10-16-15(17-11-13)19-8-6-18(7-9-19)12-14(20)21-4-2/h10-11H,3-9,12H2,1-2H3. The van der Waals surface area contributed by atoms with E-state index in [-0.39, 0.29) is 5.97 Å². The first-order chi connectivity index (χ1) is 10.2. The molecule has 1 aromatic heterocycles. The molecular formula is C15H24N4O2. The van der Waals surface area contributed by atoms with Crippen LogP contribution in [0.1, 0.15) is 25.8 Å². The predicted molar refractivity (Wildman–Crippen MR) is 81.3 cm³/mol. The molecule has 0 amide bonds. The molecule has 21 heavy (non-hydrogen) atoms. The number of anilines is 1. The number of hydrogen-bond donors (Lipinski definition) is 0. The molecule has 6 nitrogen and oxygen atoms in total. The second-order valence-corrected chi connectivity index (χ2v) is 5.21. The zero-order chi connectivity index (χ0) is 15.1. The van der Waals surface area contributed by atoms with Crippen molar-refractivity contribution in [3.8, 4) is 0 Å². The van der Waals surface area contributed by atoms with Gasteiger partial charge in [-0.3, -0.25) is 9.69 Å². The van der Waals surface area contributed by atoms with Gasteiger partial charge in [-0.25, -0.2) is 9.97 Å². The van der Waals surface area contributed by atoms with Gasteiger partial charge >= 0.3 is 5.97 Å². The minimum Gasteiger partial charge on any atom is -0.465 e. The molecule has 6 heteroatoms. The summed E-state index contributed by atoms with van der Waals surface area (Å²) in [7, 11) is 0. The molecule has 0 N–H and O–H groups in total. The SMILES string of the molecule is CCCc1cnc(N2CCN(CC(=O)OCC)CC2)nc1. The molecule has 1 fully saturated rings. The van der Waals surface area contributed by atoms with Crippen LogP contribution in [-0.4, -0.2) is 60.2 Å². The van der Waals surface area contributed by atoms with Crippen molar-refractivity contribution in [1.29, 1.82) is 0 Å². The number of esters is 1. The fourth-order valence-corrected chi connectivity index (χ4v) is 2.42. The van der Waals surface area contributed by atoms with Crippen LogP contribution in [0, 0.1) is 0 Å². The molecule has 0 aliphatic carbocycles. The Bertz CT molecular complexity index is 441. The summed E-state index contributed by atoms with van der Waals surface area (Å²) < 4.78 is 4.97. The highest BCUT2D eigenvalue weighted by Crippen LogP contribution is 2.11. The van der Waals surface area contributed by atoms with Crippen LogP contribution >= 0.6 is 0 Å². The van der Waals surface area contributed by atoms with Crippen molar-refractivity contribution in [1.82, 2.24) is 14.9 Å². The van der Waals surface area contributed by atoms with Crippen LogP contribution in [0.3, 0.4) is 0 Å². The molecule has 0 spiro atoms. The molecular weight excluding hydrogens is 268 g/mol. The minimum absolute atomic E-state index is 0.147. The second-order valence-electron chi connectivity index (χ2n) is 5.21. The van der Waals surface area contributed by atoms with Crippen molar-refractivity contribution < 1.29 is 9.53 Å². The Labute approximate surface area is 126 Å². The Morgan fingerprint density at radius 3 is 2.43 bits per heavy atom. The fraction of sp³-hybridized carbons (Fsp3) is 0.667. The van der Waals surface area contributed by atoms with Gasteiger partial charge in [0.15, 0.2) is 0 Å². The molecule has 1 aromatic rings. The molecule has 1 aliphatic rings. The molecule has 0 bridgehead atoms. The number of carbonyl (C=O) groups is 1. The lowest BCUT2D eigenvalue weighted by molar-refractivity contribution is -0.144. The van der Waals surface area contributed by atoms with E-state index in [2.05, 4.69) is 26.7 Å². The third-order valence-corrected chi connectivity index (χ3v) is 3.54. The van der Waals surface area contributed by atoms with Gasteiger partial charge in [0, 0.05) is 38.6 Å². The van der Waals surface area contributed by atoms with Crippen molar-refractivity contribution in [2.24, 2.45) is 0 Å². The molecule has 116 valence electrons. The van der Waals surface area contributed by atoms with Crippen molar-refractivity contribution in [3.05, 3.63) is 18.0 Å². The second kappa shape index (κ2) is 7.93. The highest BCUT2D eigenvalue weighted by atomic mass is 16.5. The zero-order valence-corrected chi connectivity index (χ0v) is 12.9. The molecule has 2 rings (SSSR count). The van der Waals surface area contributed by atoms with E-state index in [4.69, 9.17) is 4.74 Å². The molecule has 0 aromatic carbocycles. The number of rotatable bonds is 6. The Balaban J connectivity index is 1.81. The number of aryl methyl sites for hydroxylation is 1. The van der Waals surface area contributed by atoms with Crippen LogP contribution in [0.25, 0.3) is 0 Å². The van der Waals surface area contributed by atoms with Gasteiger partial charge in [0.05, 0.1) is 13.2 Å². The smallest absolute Gasteiger partial charge is 0.320 e. The van der Waals surface area contributed by atoms with Crippen LogP contribution in [0.4, 0.5) is 5.95 Å². The highest BCUT2D eigenvalue weighted by Gasteiger charge is 2.20. The molecule has 0 saturated carbocycles. The topological polar surface area (TPSA) is 58.6 Å². The fourth-order valence-electron chi connectivity index (χ4n) is 2.42. The van der Waals surface area contributed by atoms with E-state index in [1.807, 2.05) is 19.3 Å². The van der Waals surface area contributed by atoms with Crippen molar-refractivity contribution in [2.45, 2.75) is 26.7 Å². The summed E-state index contributed by atoms with van der Waals surface area (Å²) in [5.41, 5.74) is 1.18. The van der Waals surface area contributed by atoms with Crippen LogP contribution in [-0.2, 0) is 16.0 Å². The van der Waals surface area contributed by atoms with E-state index < -0.39 is 0 Å². The van der Waals surface area contributed by atoms with Gasteiger partial charge in [0.2, 0.25) is 5.95 Å². The van der Waals surface area contributed by atoms with E-state index in [9.17, 15) is 4.79 Å². The maximum Gasteiger partial charge on any atom is 0.320 e. The summed E-state index contributed by atoms with van der Waals surface area (Å²) in [6.07, 6.45) is 5.95. The summed E-state index contributed by atoms with van der Waals surface area (Å²) in [6.45, 7) is 8.14. The van der Waals surface area contributed by atoms with Crippen LogP contribution in [0.5, 0.6) is 0 Å². The molecule has 1 aliphatic heterocycles. The lowest BCUT2D eigenvalue weighted by atomic mass is 10.2. The number of ether oxygens (including phenoxy) is 1. The molecule has 0 unspecified atom stereocenters. The maximum absolute atomic E-state index is 11.5. The molecule has 0 atom stereocenters. The van der Waals surface area contributed by atoms with Crippen molar-refractivity contribution in [2.75, 3.05) is 44.2 Å². The lowest BCUT2D eigenvalue weighted by Crippen LogP contribution is -2.48. The zero-order valence-electron chi connectivity index (χ0n) is 12.9. The van der Waals surface area contributed by atoms with Crippen molar-refractivity contribution in [3.63, 3.8) is 0 Å². The third-order valence-electron chi connectivity index (χ3n) is 3.54. The average Bonchev–Trinajstić information content (AvgIpc) is 2.49. The number of nitrogens with zero attached hydrogens (tertiary/aromatic N) is 4. The van der Waals surface area contributed by atoms with Gasteiger partial charge in [-0.2, -0.15) is 0 Å². The highest BCUT2D eigenvalue weighted by molar-refractivity contribution is 5.71. The Kier molecular flexibility index (Phi) is 5.92. The van der Waals surface area contributed by atoms with Crippen LogP contribution in [0.15, 0.2) is 12.4 Å². The number of aromatic nitrogens is 2. The predicted octanol–water partition coefficient (Wildman–Crippen LogP) is 1.11. The normalized spacial score (nSPS) is 16.0. The lowest BCUT2D eigenvalue weighted by Gasteiger charge is -2.34. The maximum atomic E-state index is 11.5. The van der Waals surface area contributed by atoms with Gasteiger partial charge < -0.3 is 9.64 Å². The summed E-state index contributed by atoms with van der Waals surface area (Å²) in [4.78, 5) is 24.6. The average molecular weight is 292 g/mol. The number of piperazine rings is 1. The molecule has 2 heterocycles. The first-order valence-corrected chi connectivity index (χ1v) is 7.66. The van der Waals surface area contributed by atoms with E-state index >= 15 is 0 Å². The Morgan fingerprint density at radius 2 is 1.86 bits per heavy atom. The summed E-state index contributed by atoms with van der Waals surface area (Å²) in [5, 5.41) is 0. The number of carbonyl (C=O) groups excluding carboxylic acids is 1. The quantitative estimate of drug-likeness (QED) is 0.732. The molecule has 1 saturated heterocycles. The van der Waals surface area contributed by atoms with Gasteiger partial charge in [-0.15, -0.1) is 0 Å². The van der Waals surface area contributed by atoms with Gasteiger partial charge in [-0.05, 0) is 18.9 Å². The van der Waals surface area contributed by atoms with Crippen LogP contribution in [0.2, 0.25) is 0 Å². The first kappa shape index (κ1) is 15.7. The summed E-state index contributed by atoms with van der Waals surface area (Å²) in [6, 6.07) is 0. The third kappa shape index (κ3) is 4.67. The number of hydrogen-bond acceptors (Lipinski definition) is 6. The first-order valence-electron chi connectivity index (χ1n) is 7.66. The molecule has 0 radical (unpaired) electrons. The minimum atomic E-state index is -0.147. The summed E-state index contributed by atoms with van der Waals surface area (Å²) >= 11 is 0. The van der Waals surface area contributed by atoms with Crippen molar-refractivity contribution >= 4 is 11.9 Å². The van der Waals surface area contributed by atoms with E-state index in [1.165, 1.54) is 5.56 Å². The van der Waals surface area contributed by atoms with Crippen LogP contribution < -0.4 is 4.90 Å². The van der Waals surface area contributed by atoms with Gasteiger partial charge in [0.1, 0.15) is 0 Å². The van der Waals surface area contributed by atoms with E-state index in [0.717, 1.165) is 45.0 Å². The Morgan fingerprint density at radius 1 is 1.19 bits per heavy atom. The van der Waals surface area contributed by atoms with Gasteiger partial charge in [-0.1, -0.05) is 13.3 Å². The Hall–Kier alpha value is -1.69. The summed E-state index contributed by atoms with van der Waals surface area (Å²) in [5.74, 6) is 0.636. The van der Waals surface area contributed by atoms with Gasteiger partial charge in [0.25, 0.3) is 0 Å². The largest absolute Gasteiger partial charge is 0.465 e.